The van der Waals surface area contributed by atoms with E-state index in [1.165, 1.54) is 29.2 Å². The van der Waals surface area contributed by atoms with Crippen molar-refractivity contribution >= 4 is 44.5 Å². The van der Waals surface area contributed by atoms with Crippen molar-refractivity contribution < 1.29 is 4.92 Å². The second-order valence-electron chi connectivity index (χ2n) is 4.53. The van der Waals surface area contributed by atoms with E-state index in [1.807, 2.05) is 28.8 Å². The smallest absolute Gasteiger partial charge is 0.270 e. The summed E-state index contributed by atoms with van der Waals surface area (Å²) in [7, 11) is 0. The molecular formula is C14H8N4O2S2. The first kappa shape index (κ1) is 13.2. The molecule has 22 heavy (non-hydrogen) atoms. The largest absolute Gasteiger partial charge is 0.294 e. The molecule has 0 saturated carbocycles. The Morgan fingerprint density at radius 1 is 1.27 bits per heavy atom. The van der Waals surface area contributed by atoms with Crippen molar-refractivity contribution in [2.75, 3.05) is 0 Å². The highest BCUT2D eigenvalue weighted by molar-refractivity contribution is 8.01. The second kappa shape index (κ2) is 5.08. The number of non-ortho nitro benzene ring substituents is 1. The van der Waals surface area contributed by atoms with Gasteiger partial charge in [-0.25, -0.2) is 9.97 Å². The van der Waals surface area contributed by atoms with Gasteiger partial charge in [0.2, 0.25) is 0 Å². The summed E-state index contributed by atoms with van der Waals surface area (Å²) in [5.74, 6) is 0. The molecule has 0 aliphatic carbocycles. The van der Waals surface area contributed by atoms with Gasteiger partial charge >= 0.3 is 0 Å². The average Bonchev–Trinajstić information content (AvgIpc) is 3.10. The van der Waals surface area contributed by atoms with Gasteiger partial charge in [0.1, 0.15) is 0 Å². The summed E-state index contributed by atoms with van der Waals surface area (Å²) in [6.45, 7) is 0. The van der Waals surface area contributed by atoms with Gasteiger partial charge in [-0.2, -0.15) is 0 Å². The Bertz CT molecular complexity index is 1010. The Morgan fingerprint density at radius 3 is 3.05 bits per heavy atom. The number of pyridine rings is 1. The van der Waals surface area contributed by atoms with Crippen LogP contribution in [-0.2, 0) is 0 Å². The van der Waals surface area contributed by atoms with Gasteiger partial charge in [0.15, 0.2) is 9.50 Å². The van der Waals surface area contributed by atoms with Gasteiger partial charge in [-0.1, -0.05) is 6.07 Å². The lowest BCUT2D eigenvalue weighted by atomic mass is 10.3. The van der Waals surface area contributed by atoms with Crippen molar-refractivity contribution in [1.82, 2.24) is 14.4 Å². The number of imidazole rings is 1. The van der Waals surface area contributed by atoms with E-state index in [4.69, 9.17) is 0 Å². The third-order valence-electron chi connectivity index (χ3n) is 3.15. The van der Waals surface area contributed by atoms with Crippen LogP contribution < -0.4 is 0 Å². The molecule has 0 amide bonds. The molecule has 108 valence electrons. The number of hydrogen-bond acceptors (Lipinski definition) is 6. The second-order valence-corrected chi connectivity index (χ2v) is 6.77. The molecule has 0 fully saturated rings. The number of nitro groups is 1. The Hall–Kier alpha value is -2.45. The van der Waals surface area contributed by atoms with E-state index in [2.05, 4.69) is 9.97 Å². The summed E-state index contributed by atoms with van der Waals surface area (Å²) in [6, 6.07) is 10.6. The van der Waals surface area contributed by atoms with Gasteiger partial charge in [0.25, 0.3) is 5.69 Å². The summed E-state index contributed by atoms with van der Waals surface area (Å²) in [6.07, 6.45) is 3.75. The predicted molar refractivity (Wildman–Crippen MR) is 85.6 cm³/mol. The van der Waals surface area contributed by atoms with Gasteiger partial charge in [0, 0.05) is 18.3 Å². The van der Waals surface area contributed by atoms with Gasteiger partial charge in [-0.15, -0.1) is 11.3 Å². The normalized spacial score (nSPS) is 11.3. The lowest BCUT2D eigenvalue weighted by Gasteiger charge is -1.96. The van der Waals surface area contributed by atoms with Crippen molar-refractivity contribution in [1.29, 1.82) is 0 Å². The van der Waals surface area contributed by atoms with Crippen LogP contribution in [-0.4, -0.2) is 19.3 Å². The minimum atomic E-state index is -0.395. The highest BCUT2D eigenvalue weighted by atomic mass is 32.2. The van der Waals surface area contributed by atoms with Gasteiger partial charge in [-0.05, 0) is 30.0 Å². The molecule has 0 saturated heterocycles. The SMILES string of the molecule is O=[N+]([O-])c1ccc2nc(Sc3ncc4ccccn34)sc2c1. The molecule has 4 rings (SSSR count). The zero-order chi connectivity index (χ0) is 15.1. The summed E-state index contributed by atoms with van der Waals surface area (Å²) in [5.41, 5.74) is 1.86. The minimum Gasteiger partial charge on any atom is -0.294 e. The fraction of sp³-hybridized carbons (Fsp3) is 0. The zero-order valence-corrected chi connectivity index (χ0v) is 12.7. The number of aromatic nitrogens is 3. The van der Waals surface area contributed by atoms with Gasteiger partial charge in [0.05, 0.1) is 26.9 Å². The highest BCUT2D eigenvalue weighted by Crippen LogP contribution is 2.35. The van der Waals surface area contributed by atoms with Crippen LogP contribution in [0, 0.1) is 10.1 Å². The molecule has 0 unspecified atom stereocenters. The van der Waals surface area contributed by atoms with Gasteiger partial charge in [-0.3, -0.25) is 14.5 Å². The first-order chi connectivity index (χ1) is 10.7. The van der Waals surface area contributed by atoms with E-state index in [9.17, 15) is 10.1 Å². The highest BCUT2D eigenvalue weighted by Gasteiger charge is 2.13. The number of hydrogen-bond donors (Lipinski definition) is 0. The van der Waals surface area contributed by atoms with Gasteiger partial charge < -0.3 is 0 Å². The molecule has 0 spiro atoms. The average molecular weight is 328 g/mol. The lowest BCUT2D eigenvalue weighted by Crippen LogP contribution is -1.86. The maximum absolute atomic E-state index is 10.8. The van der Waals surface area contributed by atoms with Crippen molar-refractivity contribution in [3.8, 4) is 0 Å². The molecule has 3 aromatic heterocycles. The van der Waals surface area contributed by atoms with E-state index in [0.29, 0.717) is 0 Å². The lowest BCUT2D eigenvalue weighted by molar-refractivity contribution is -0.384. The maximum atomic E-state index is 10.8. The third kappa shape index (κ3) is 2.22. The Morgan fingerprint density at radius 2 is 2.18 bits per heavy atom. The molecule has 6 nitrogen and oxygen atoms in total. The third-order valence-corrected chi connectivity index (χ3v) is 5.21. The maximum Gasteiger partial charge on any atom is 0.270 e. The van der Waals surface area contributed by atoms with Crippen LogP contribution in [0.1, 0.15) is 0 Å². The molecule has 0 aliphatic heterocycles. The van der Waals surface area contributed by atoms with Crippen molar-refractivity contribution in [2.45, 2.75) is 9.50 Å². The predicted octanol–water partition coefficient (Wildman–Crippen LogP) is 4.00. The van der Waals surface area contributed by atoms with Crippen LogP contribution in [0.3, 0.4) is 0 Å². The number of rotatable bonds is 3. The Balaban J connectivity index is 1.73. The first-order valence-corrected chi connectivity index (χ1v) is 7.99. The fourth-order valence-corrected chi connectivity index (χ4v) is 4.18. The number of benzene rings is 1. The van der Waals surface area contributed by atoms with Crippen molar-refractivity contribution in [3.63, 3.8) is 0 Å². The molecule has 0 radical (unpaired) electrons. The molecule has 0 aliphatic rings. The monoisotopic (exact) mass is 328 g/mol. The molecule has 1 aromatic carbocycles. The fourth-order valence-electron chi connectivity index (χ4n) is 2.12. The number of nitrogens with zero attached hydrogens (tertiary/aromatic N) is 4. The Labute approximate surface area is 132 Å². The summed E-state index contributed by atoms with van der Waals surface area (Å²) in [5, 5.41) is 11.6. The molecule has 0 N–H and O–H groups in total. The molecule has 0 bridgehead atoms. The van der Waals surface area contributed by atoms with Crippen LogP contribution in [0.5, 0.6) is 0 Å². The van der Waals surface area contributed by atoms with E-state index in [0.717, 1.165) is 25.2 Å². The van der Waals surface area contributed by atoms with Crippen molar-refractivity contribution in [3.05, 3.63) is 58.9 Å². The molecule has 0 atom stereocenters. The topological polar surface area (TPSA) is 73.3 Å². The summed E-state index contributed by atoms with van der Waals surface area (Å²) in [4.78, 5) is 19.3. The van der Waals surface area contributed by atoms with Crippen molar-refractivity contribution in [2.24, 2.45) is 0 Å². The van der Waals surface area contributed by atoms with E-state index < -0.39 is 4.92 Å². The Kier molecular flexibility index (Phi) is 3.05. The quantitative estimate of drug-likeness (QED) is 0.420. The number of thiazole rings is 1. The van der Waals surface area contributed by atoms with E-state index in [1.54, 1.807) is 18.3 Å². The van der Waals surface area contributed by atoms with E-state index >= 15 is 0 Å². The summed E-state index contributed by atoms with van der Waals surface area (Å²) >= 11 is 2.88. The van der Waals surface area contributed by atoms with Crippen LogP contribution >= 0.6 is 23.1 Å². The standard InChI is InChI=1S/C14H8N4O2S2/c19-18(20)9-4-5-11-12(7-9)21-14(16-11)22-13-15-8-10-3-1-2-6-17(10)13/h1-8H. The number of fused-ring (bicyclic) bond motifs is 2. The van der Waals surface area contributed by atoms with Crippen LogP contribution in [0.4, 0.5) is 5.69 Å². The molecule has 8 heteroatoms. The zero-order valence-electron chi connectivity index (χ0n) is 11.0. The minimum absolute atomic E-state index is 0.0824. The first-order valence-electron chi connectivity index (χ1n) is 6.36. The van der Waals surface area contributed by atoms with Crippen LogP contribution in [0.25, 0.3) is 15.7 Å². The molecular weight excluding hydrogens is 320 g/mol. The molecule has 4 aromatic rings. The summed E-state index contributed by atoms with van der Waals surface area (Å²) < 4.78 is 3.60. The van der Waals surface area contributed by atoms with E-state index in [-0.39, 0.29) is 5.69 Å². The van der Waals surface area contributed by atoms with Crippen LogP contribution in [0.15, 0.2) is 58.3 Å². The number of nitro benzene ring substituents is 1. The molecule has 3 heterocycles. The van der Waals surface area contributed by atoms with Crippen LogP contribution in [0.2, 0.25) is 0 Å².